The smallest absolute Gasteiger partial charge is 0.156 e. The fourth-order valence-corrected chi connectivity index (χ4v) is 4.97. The van der Waals surface area contributed by atoms with Gasteiger partial charge in [-0.3, -0.25) is 4.99 Å². The zero-order valence-corrected chi connectivity index (χ0v) is 17.6. The molecule has 1 saturated heterocycles. The van der Waals surface area contributed by atoms with Crippen LogP contribution in [-0.4, -0.2) is 18.0 Å². The van der Waals surface area contributed by atoms with Crippen molar-refractivity contribution in [1.82, 2.24) is 5.32 Å². The Morgan fingerprint density at radius 1 is 1.22 bits per heavy atom. The number of halogens is 1. The highest BCUT2D eigenvalue weighted by Crippen LogP contribution is 2.46. The predicted octanol–water partition coefficient (Wildman–Crippen LogP) is 6.21. The second kappa shape index (κ2) is 10.4. The van der Waals surface area contributed by atoms with E-state index in [1.807, 2.05) is 46.5 Å². The van der Waals surface area contributed by atoms with Gasteiger partial charge in [-0.1, -0.05) is 80.4 Å². The van der Waals surface area contributed by atoms with Crippen LogP contribution in [0.25, 0.3) is 0 Å². The minimum absolute atomic E-state index is 0.0993. The van der Waals surface area contributed by atoms with Gasteiger partial charge in [-0.05, 0) is 36.5 Å². The summed E-state index contributed by atoms with van der Waals surface area (Å²) in [6.07, 6.45) is 5.20. The third-order valence-electron chi connectivity index (χ3n) is 4.36. The highest BCUT2D eigenvalue weighted by atomic mass is 79.9. The van der Waals surface area contributed by atoms with Crippen LogP contribution in [0.1, 0.15) is 58.9 Å². The van der Waals surface area contributed by atoms with Crippen LogP contribution in [0.15, 0.2) is 33.7 Å². The summed E-state index contributed by atoms with van der Waals surface area (Å²) in [5.74, 6) is 1.90. The van der Waals surface area contributed by atoms with Gasteiger partial charge in [-0.15, -0.1) is 0 Å². The molecule has 0 spiro atoms. The van der Waals surface area contributed by atoms with Crippen molar-refractivity contribution in [3.63, 3.8) is 0 Å². The van der Waals surface area contributed by atoms with E-state index in [0.29, 0.717) is 5.92 Å². The summed E-state index contributed by atoms with van der Waals surface area (Å²) in [6, 6.07) is 8.78. The van der Waals surface area contributed by atoms with Gasteiger partial charge in [0, 0.05) is 17.3 Å². The van der Waals surface area contributed by atoms with Crippen LogP contribution >= 0.6 is 27.7 Å². The van der Waals surface area contributed by atoms with Gasteiger partial charge in [0.25, 0.3) is 0 Å². The molecule has 2 fully saturated rings. The summed E-state index contributed by atoms with van der Waals surface area (Å²) in [6.45, 7) is 8.00. The maximum atomic E-state index is 4.39. The molecule has 2 atom stereocenters. The van der Waals surface area contributed by atoms with E-state index in [1.165, 1.54) is 41.5 Å². The largest absolute Gasteiger partial charge is 0.355 e. The number of nitrogens with zero attached hydrogens (tertiary/aromatic N) is 1. The molecule has 23 heavy (non-hydrogen) atoms. The predicted molar refractivity (Wildman–Crippen MR) is 109 cm³/mol. The summed E-state index contributed by atoms with van der Waals surface area (Å²) < 4.78 is 1.17. The lowest BCUT2D eigenvalue weighted by molar-refractivity contribution is 0.182. The normalized spacial score (nSPS) is 27.6. The Morgan fingerprint density at radius 2 is 1.96 bits per heavy atom. The molecule has 1 saturated carbocycles. The fourth-order valence-electron chi connectivity index (χ4n) is 3.38. The van der Waals surface area contributed by atoms with Gasteiger partial charge in [-0.25, -0.2) is 0 Å². The zero-order valence-electron chi connectivity index (χ0n) is 15.2. The van der Waals surface area contributed by atoms with Crippen molar-refractivity contribution in [2.45, 2.75) is 58.9 Å². The van der Waals surface area contributed by atoms with Gasteiger partial charge in [0.05, 0.1) is 5.54 Å². The average Bonchev–Trinajstić information content (AvgIpc) is 2.64. The zero-order chi connectivity index (χ0) is 17.3. The van der Waals surface area contributed by atoms with Crippen LogP contribution in [0.3, 0.4) is 0 Å². The van der Waals surface area contributed by atoms with Crippen LogP contribution in [0.4, 0.5) is 0 Å². The Morgan fingerprint density at radius 3 is 2.61 bits per heavy atom. The Balaban J connectivity index is 0.000000615. The lowest BCUT2D eigenvalue weighted by atomic mass is 9.69. The van der Waals surface area contributed by atoms with Gasteiger partial charge >= 0.3 is 0 Å². The molecular formula is C19H31BrN2S. The summed E-state index contributed by atoms with van der Waals surface area (Å²) in [4.78, 5) is 4.39. The monoisotopic (exact) mass is 398 g/mol. The van der Waals surface area contributed by atoms with Gasteiger partial charge in [0.15, 0.2) is 5.17 Å². The van der Waals surface area contributed by atoms with E-state index in [4.69, 9.17) is 0 Å². The van der Waals surface area contributed by atoms with E-state index >= 15 is 0 Å². The molecule has 4 heteroatoms. The molecule has 2 nitrogen and oxygen atoms in total. The van der Waals surface area contributed by atoms with Crippen LogP contribution in [0, 0.1) is 5.92 Å². The number of benzene rings is 1. The van der Waals surface area contributed by atoms with E-state index in [1.54, 1.807) is 0 Å². The standard InChI is InChI=1S/C15H19BrN2S.2C2H6/c1-17-14-18-15(11-6-4-7-13(16)9-11)8-3-2-5-12(15)10-19-14;2*1-2/h4,6-7,9,12H,2-3,5,8,10H2,1H3,(H,17,18);2*1-2H3. The first-order valence-electron chi connectivity index (χ1n) is 8.88. The van der Waals surface area contributed by atoms with Crippen molar-refractivity contribution in [2.75, 3.05) is 12.8 Å². The quantitative estimate of drug-likeness (QED) is 0.607. The number of hydrogen-bond acceptors (Lipinski definition) is 2. The number of aliphatic imine (C=N–C) groups is 1. The number of thioether (sulfide) groups is 1. The highest BCUT2D eigenvalue weighted by Gasteiger charge is 2.45. The molecule has 1 N–H and O–H groups in total. The molecule has 0 amide bonds. The maximum absolute atomic E-state index is 4.39. The first-order chi connectivity index (χ1) is 11.2. The summed E-state index contributed by atoms with van der Waals surface area (Å²) in [7, 11) is 1.88. The number of nitrogens with one attached hydrogen (secondary N) is 1. The minimum Gasteiger partial charge on any atom is -0.355 e. The topological polar surface area (TPSA) is 24.4 Å². The van der Waals surface area contributed by atoms with Crippen molar-refractivity contribution in [3.05, 3.63) is 34.3 Å². The van der Waals surface area contributed by atoms with Crippen molar-refractivity contribution in [2.24, 2.45) is 10.9 Å². The SMILES string of the molecule is CC.CC.CN=C1NC2(c3cccc(Br)c3)CCCCC2CS1. The van der Waals surface area contributed by atoms with Gasteiger partial charge in [-0.2, -0.15) is 0 Å². The summed E-state index contributed by atoms with van der Waals surface area (Å²) in [5, 5.41) is 4.85. The molecule has 0 bridgehead atoms. The molecule has 1 aromatic rings. The molecule has 2 aliphatic rings. The summed E-state index contributed by atoms with van der Waals surface area (Å²) >= 11 is 5.48. The molecule has 130 valence electrons. The van der Waals surface area contributed by atoms with Crippen LogP contribution < -0.4 is 5.32 Å². The molecule has 1 heterocycles. The van der Waals surface area contributed by atoms with Crippen molar-refractivity contribution < 1.29 is 0 Å². The molecular weight excluding hydrogens is 368 g/mol. The molecule has 0 radical (unpaired) electrons. The lowest BCUT2D eigenvalue weighted by Gasteiger charge is -2.49. The third-order valence-corrected chi connectivity index (χ3v) is 5.99. The van der Waals surface area contributed by atoms with E-state index in [0.717, 1.165) is 5.17 Å². The van der Waals surface area contributed by atoms with Gasteiger partial charge in [0.1, 0.15) is 0 Å². The number of fused-ring (bicyclic) bond motifs is 1. The fraction of sp³-hybridized carbons (Fsp3) is 0.632. The highest BCUT2D eigenvalue weighted by molar-refractivity contribution is 9.10. The first kappa shape index (κ1) is 20.6. The van der Waals surface area contributed by atoms with Crippen LogP contribution in [0.5, 0.6) is 0 Å². The number of amidine groups is 1. The Hall–Kier alpha value is -0.480. The Bertz CT molecular complexity index is 504. The van der Waals surface area contributed by atoms with Crippen molar-refractivity contribution in [3.8, 4) is 0 Å². The van der Waals surface area contributed by atoms with Crippen LogP contribution in [0.2, 0.25) is 0 Å². The lowest BCUT2D eigenvalue weighted by Crippen LogP contribution is -2.56. The number of rotatable bonds is 1. The van der Waals surface area contributed by atoms with Crippen LogP contribution in [-0.2, 0) is 5.54 Å². The Labute approximate surface area is 155 Å². The number of hydrogen-bond donors (Lipinski definition) is 1. The first-order valence-corrected chi connectivity index (χ1v) is 10.7. The summed E-state index contributed by atoms with van der Waals surface area (Å²) in [5.41, 5.74) is 1.51. The Kier molecular flexibility index (Phi) is 9.30. The second-order valence-corrected chi connectivity index (χ2v) is 7.31. The average molecular weight is 399 g/mol. The molecule has 2 unspecified atom stereocenters. The van der Waals surface area contributed by atoms with E-state index < -0.39 is 0 Å². The molecule has 1 aliphatic carbocycles. The van der Waals surface area contributed by atoms with E-state index in [-0.39, 0.29) is 5.54 Å². The maximum Gasteiger partial charge on any atom is 0.156 e. The molecule has 0 aromatic heterocycles. The minimum atomic E-state index is 0.0993. The third kappa shape index (κ3) is 4.76. The molecule has 3 rings (SSSR count). The van der Waals surface area contributed by atoms with Crippen molar-refractivity contribution >= 4 is 32.9 Å². The van der Waals surface area contributed by atoms with Gasteiger partial charge in [0.2, 0.25) is 0 Å². The van der Waals surface area contributed by atoms with Crippen molar-refractivity contribution in [1.29, 1.82) is 0 Å². The van der Waals surface area contributed by atoms with Gasteiger partial charge < -0.3 is 5.32 Å². The second-order valence-electron chi connectivity index (χ2n) is 5.39. The van der Waals surface area contributed by atoms with E-state index in [9.17, 15) is 0 Å². The molecule has 1 aliphatic heterocycles. The van der Waals surface area contributed by atoms with E-state index in [2.05, 4.69) is 50.5 Å². The molecule has 1 aromatic carbocycles.